The number of carbonyl (C=O) groups excluding carboxylic acids is 1. The first-order valence-electron chi connectivity index (χ1n) is 9.42. The molecule has 162 valence electrons. The van der Waals surface area contributed by atoms with Crippen molar-refractivity contribution in [3.8, 4) is 0 Å². The zero-order valence-electron chi connectivity index (χ0n) is 16.6. The van der Waals surface area contributed by atoms with Crippen LogP contribution in [-0.2, 0) is 0 Å². The van der Waals surface area contributed by atoms with E-state index in [0.29, 0.717) is 50.8 Å². The standard InChI is InChI=1S/C20H24F2N6O.HI/c1-23-20(26-8-7-25-19(29)15-3-2-6-24-14-15)28-11-9-27(10-12-28)18-13-16(21)4-5-17(18)22;/h2-6,13-14H,7-12H2,1H3,(H,23,26)(H,25,29);1H. The van der Waals surface area contributed by atoms with E-state index in [1.807, 2.05) is 4.90 Å². The van der Waals surface area contributed by atoms with Crippen LogP contribution in [0.1, 0.15) is 10.4 Å². The predicted octanol–water partition coefficient (Wildman–Crippen LogP) is 2.11. The molecule has 1 aromatic heterocycles. The molecular weight excluding hydrogens is 505 g/mol. The fourth-order valence-electron chi connectivity index (χ4n) is 3.17. The second-order valence-electron chi connectivity index (χ2n) is 6.54. The van der Waals surface area contributed by atoms with Gasteiger partial charge in [0, 0.05) is 64.8 Å². The molecule has 1 aliphatic rings. The van der Waals surface area contributed by atoms with E-state index in [2.05, 4.69) is 25.5 Å². The van der Waals surface area contributed by atoms with Crippen molar-refractivity contribution in [2.45, 2.75) is 0 Å². The number of nitrogens with zero attached hydrogens (tertiary/aromatic N) is 4. The third-order valence-corrected chi connectivity index (χ3v) is 4.66. The molecule has 0 bridgehead atoms. The molecule has 1 aliphatic heterocycles. The highest BCUT2D eigenvalue weighted by Gasteiger charge is 2.22. The first-order chi connectivity index (χ1) is 14.1. The normalized spacial score (nSPS) is 14.2. The monoisotopic (exact) mass is 530 g/mol. The number of aromatic nitrogens is 1. The number of aliphatic imine (C=N–C) groups is 1. The van der Waals surface area contributed by atoms with Gasteiger partial charge in [-0.3, -0.25) is 14.8 Å². The van der Waals surface area contributed by atoms with Gasteiger partial charge in [-0.05, 0) is 24.3 Å². The van der Waals surface area contributed by atoms with Crippen LogP contribution >= 0.6 is 24.0 Å². The fraction of sp³-hybridized carbons (Fsp3) is 0.350. The number of amides is 1. The molecule has 1 fully saturated rings. The van der Waals surface area contributed by atoms with Gasteiger partial charge in [-0.25, -0.2) is 8.78 Å². The highest BCUT2D eigenvalue weighted by atomic mass is 127. The number of guanidine groups is 1. The summed E-state index contributed by atoms with van der Waals surface area (Å²) in [6, 6.07) is 6.91. The lowest BCUT2D eigenvalue weighted by atomic mass is 10.2. The highest BCUT2D eigenvalue weighted by Crippen LogP contribution is 2.21. The van der Waals surface area contributed by atoms with E-state index >= 15 is 0 Å². The van der Waals surface area contributed by atoms with Crippen LogP contribution in [0.2, 0.25) is 0 Å². The number of nitrogens with one attached hydrogen (secondary N) is 2. The van der Waals surface area contributed by atoms with E-state index in [0.717, 1.165) is 12.1 Å². The Labute approximate surface area is 191 Å². The maximum absolute atomic E-state index is 14.0. The zero-order chi connectivity index (χ0) is 20.6. The van der Waals surface area contributed by atoms with Gasteiger partial charge < -0.3 is 20.4 Å². The van der Waals surface area contributed by atoms with Crippen molar-refractivity contribution in [2.75, 3.05) is 51.2 Å². The molecule has 0 atom stereocenters. The third-order valence-electron chi connectivity index (χ3n) is 4.66. The maximum Gasteiger partial charge on any atom is 0.252 e. The van der Waals surface area contributed by atoms with Gasteiger partial charge in [-0.15, -0.1) is 24.0 Å². The minimum absolute atomic E-state index is 0. The molecule has 1 saturated heterocycles. The highest BCUT2D eigenvalue weighted by molar-refractivity contribution is 14.0. The van der Waals surface area contributed by atoms with Crippen LogP contribution in [0.3, 0.4) is 0 Å². The van der Waals surface area contributed by atoms with E-state index in [-0.39, 0.29) is 35.6 Å². The molecule has 0 radical (unpaired) electrons. The Morgan fingerprint density at radius 1 is 1.13 bits per heavy atom. The van der Waals surface area contributed by atoms with Gasteiger partial charge in [-0.1, -0.05) is 0 Å². The molecule has 2 N–H and O–H groups in total. The Morgan fingerprint density at radius 3 is 2.53 bits per heavy atom. The molecule has 7 nitrogen and oxygen atoms in total. The summed E-state index contributed by atoms with van der Waals surface area (Å²) < 4.78 is 27.4. The summed E-state index contributed by atoms with van der Waals surface area (Å²) in [5, 5.41) is 6.04. The topological polar surface area (TPSA) is 72.9 Å². The summed E-state index contributed by atoms with van der Waals surface area (Å²) in [6.45, 7) is 3.30. The average Bonchev–Trinajstić information content (AvgIpc) is 2.76. The van der Waals surface area contributed by atoms with E-state index in [4.69, 9.17) is 0 Å². The summed E-state index contributed by atoms with van der Waals surface area (Å²) in [4.78, 5) is 24.1. The largest absolute Gasteiger partial charge is 0.366 e. The number of piperazine rings is 1. The molecular formula is C20H25F2IN6O. The first-order valence-corrected chi connectivity index (χ1v) is 9.42. The number of rotatable bonds is 5. The van der Waals surface area contributed by atoms with Crippen LogP contribution in [0.15, 0.2) is 47.7 Å². The number of hydrogen-bond acceptors (Lipinski definition) is 4. The first kappa shape index (κ1) is 23.8. The summed E-state index contributed by atoms with van der Waals surface area (Å²) >= 11 is 0. The molecule has 0 saturated carbocycles. The maximum atomic E-state index is 14.0. The summed E-state index contributed by atoms with van der Waals surface area (Å²) in [5.74, 6) is -0.345. The number of halogens is 3. The minimum Gasteiger partial charge on any atom is -0.366 e. The molecule has 0 spiro atoms. The average molecular weight is 530 g/mol. The van der Waals surface area contributed by atoms with Gasteiger partial charge in [0.15, 0.2) is 5.96 Å². The SMILES string of the molecule is CN=C(NCCNC(=O)c1cccnc1)N1CCN(c2cc(F)ccc2F)CC1.I. The lowest BCUT2D eigenvalue weighted by Crippen LogP contribution is -2.53. The number of pyridine rings is 1. The quantitative estimate of drug-likeness (QED) is 0.268. The van der Waals surface area contributed by atoms with E-state index < -0.39 is 11.6 Å². The van der Waals surface area contributed by atoms with E-state index in [1.165, 1.54) is 12.3 Å². The molecule has 30 heavy (non-hydrogen) atoms. The van der Waals surface area contributed by atoms with Crippen molar-refractivity contribution in [2.24, 2.45) is 4.99 Å². The molecule has 0 aliphatic carbocycles. The predicted molar refractivity (Wildman–Crippen MR) is 123 cm³/mol. The third kappa shape index (κ3) is 6.25. The molecule has 0 unspecified atom stereocenters. The van der Waals surface area contributed by atoms with Gasteiger partial charge in [0.05, 0.1) is 11.3 Å². The minimum atomic E-state index is -0.449. The van der Waals surface area contributed by atoms with Crippen LogP contribution < -0.4 is 15.5 Å². The molecule has 3 rings (SSSR count). The Morgan fingerprint density at radius 2 is 1.87 bits per heavy atom. The molecule has 2 aromatic rings. The molecule has 2 heterocycles. The Kier molecular flexibility index (Phi) is 9.21. The fourth-order valence-corrected chi connectivity index (χ4v) is 3.17. The summed E-state index contributed by atoms with van der Waals surface area (Å²) in [5.41, 5.74) is 0.795. The van der Waals surface area contributed by atoms with E-state index in [1.54, 1.807) is 25.4 Å². The van der Waals surface area contributed by atoms with Gasteiger partial charge in [0.2, 0.25) is 0 Å². The summed E-state index contributed by atoms with van der Waals surface area (Å²) in [6.07, 6.45) is 3.13. The molecule has 1 aromatic carbocycles. The van der Waals surface area contributed by atoms with Crippen molar-refractivity contribution >= 4 is 41.5 Å². The molecule has 10 heteroatoms. The zero-order valence-corrected chi connectivity index (χ0v) is 19.0. The number of anilines is 1. The van der Waals surface area contributed by atoms with Gasteiger partial charge in [0.1, 0.15) is 11.6 Å². The van der Waals surface area contributed by atoms with Crippen molar-refractivity contribution in [1.82, 2.24) is 20.5 Å². The number of carbonyl (C=O) groups is 1. The Hall–Kier alpha value is -2.50. The van der Waals surface area contributed by atoms with Crippen LogP contribution in [0.5, 0.6) is 0 Å². The van der Waals surface area contributed by atoms with Crippen molar-refractivity contribution in [1.29, 1.82) is 0 Å². The Balaban J connectivity index is 0.00000320. The van der Waals surface area contributed by atoms with Crippen LogP contribution in [0.25, 0.3) is 0 Å². The van der Waals surface area contributed by atoms with Crippen molar-refractivity contribution < 1.29 is 13.6 Å². The van der Waals surface area contributed by atoms with Crippen molar-refractivity contribution in [3.05, 3.63) is 59.9 Å². The lowest BCUT2D eigenvalue weighted by molar-refractivity contribution is 0.0954. The second-order valence-corrected chi connectivity index (χ2v) is 6.54. The second kappa shape index (κ2) is 11.6. The number of benzene rings is 1. The van der Waals surface area contributed by atoms with E-state index in [9.17, 15) is 13.6 Å². The van der Waals surface area contributed by atoms with Crippen LogP contribution in [0, 0.1) is 11.6 Å². The van der Waals surface area contributed by atoms with Gasteiger partial charge in [0.25, 0.3) is 5.91 Å². The summed E-state index contributed by atoms with van der Waals surface area (Å²) in [7, 11) is 1.69. The van der Waals surface area contributed by atoms with Gasteiger partial charge >= 0.3 is 0 Å². The van der Waals surface area contributed by atoms with Crippen LogP contribution in [-0.4, -0.2) is 68.1 Å². The number of hydrogen-bond donors (Lipinski definition) is 2. The smallest absolute Gasteiger partial charge is 0.252 e. The van der Waals surface area contributed by atoms with Crippen molar-refractivity contribution in [3.63, 3.8) is 0 Å². The van der Waals surface area contributed by atoms with Crippen LogP contribution in [0.4, 0.5) is 14.5 Å². The Bertz CT molecular complexity index is 860. The molecule has 1 amide bonds. The lowest BCUT2D eigenvalue weighted by Gasteiger charge is -2.37. The van der Waals surface area contributed by atoms with Gasteiger partial charge in [-0.2, -0.15) is 0 Å².